The van der Waals surface area contributed by atoms with Gasteiger partial charge in [0.25, 0.3) is 0 Å². The van der Waals surface area contributed by atoms with Crippen molar-refractivity contribution in [3.8, 4) is 5.75 Å². The lowest BCUT2D eigenvalue weighted by molar-refractivity contribution is 0.272. The Morgan fingerprint density at radius 3 is 2.27 bits per heavy atom. The third kappa shape index (κ3) is 5.55. The van der Waals surface area contributed by atoms with E-state index in [4.69, 9.17) is 0 Å². The van der Waals surface area contributed by atoms with Crippen LogP contribution in [-0.4, -0.2) is 40.9 Å². The van der Waals surface area contributed by atoms with Crippen LogP contribution >= 0.6 is 0 Å². The highest BCUT2D eigenvalue weighted by molar-refractivity contribution is 5.98. The van der Waals surface area contributed by atoms with Crippen molar-refractivity contribution in [1.29, 1.82) is 0 Å². The average molecular weight is 442 g/mol. The molecule has 0 amide bonds. The van der Waals surface area contributed by atoms with E-state index in [0.717, 1.165) is 41.8 Å². The van der Waals surface area contributed by atoms with Gasteiger partial charge in [-0.3, -0.25) is 0 Å². The first kappa shape index (κ1) is 23.3. The maximum absolute atomic E-state index is 10.2. The molecule has 0 saturated carbocycles. The van der Waals surface area contributed by atoms with Crippen molar-refractivity contribution in [2.75, 3.05) is 19.7 Å². The number of hydrogen-bond acceptors (Lipinski definition) is 3. The number of phenolic OH excluding ortho intramolecular Hbond substituents is 1. The van der Waals surface area contributed by atoms with Crippen LogP contribution < -0.4 is 0 Å². The molecule has 3 aromatic rings. The average Bonchev–Trinajstić information content (AvgIpc) is 3.33. The minimum atomic E-state index is 0.149. The van der Waals surface area contributed by atoms with E-state index in [1.54, 1.807) is 6.07 Å². The number of allylic oxidation sites excluding steroid dienone is 1. The summed E-state index contributed by atoms with van der Waals surface area (Å²) in [6.45, 7) is 6.98. The zero-order valence-corrected chi connectivity index (χ0v) is 19.7. The van der Waals surface area contributed by atoms with E-state index in [0.29, 0.717) is 18.4 Å². The molecule has 0 radical (unpaired) electrons. The molecule has 1 aliphatic rings. The number of phenols is 1. The first-order valence-corrected chi connectivity index (χ1v) is 12.1. The smallest absolute Gasteiger partial charge is 0.116 e. The zero-order valence-electron chi connectivity index (χ0n) is 19.7. The van der Waals surface area contributed by atoms with Crippen molar-refractivity contribution >= 4 is 11.1 Å². The summed E-state index contributed by atoms with van der Waals surface area (Å²) >= 11 is 0. The van der Waals surface area contributed by atoms with Gasteiger partial charge in [-0.1, -0.05) is 66.7 Å². The summed E-state index contributed by atoms with van der Waals surface area (Å²) in [7, 11) is 0. The van der Waals surface area contributed by atoms with Crippen molar-refractivity contribution in [3.63, 3.8) is 0 Å². The van der Waals surface area contributed by atoms with E-state index in [-0.39, 0.29) is 12.4 Å². The number of aliphatic hydroxyl groups excluding tert-OH is 1. The van der Waals surface area contributed by atoms with Crippen molar-refractivity contribution in [2.45, 2.75) is 45.1 Å². The minimum Gasteiger partial charge on any atom is -0.508 e. The summed E-state index contributed by atoms with van der Waals surface area (Å²) < 4.78 is 0. The monoisotopic (exact) mass is 441 g/mol. The molecule has 172 valence electrons. The number of likely N-dealkylation sites (tertiary alicyclic amines) is 1. The van der Waals surface area contributed by atoms with E-state index in [2.05, 4.69) is 73.3 Å². The first-order chi connectivity index (χ1) is 16.1. The van der Waals surface area contributed by atoms with Crippen LogP contribution in [0.25, 0.3) is 11.1 Å². The van der Waals surface area contributed by atoms with Gasteiger partial charge < -0.3 is 15.1 Å². The highest BCUT2D eigenvalue weighted by Crippen LogP contribution is 2.37. The van der Waals surface area contributed by atoms with Gasteiger partial charge in [0, 0.05) is 19.2 Å². The molecule has 1 saturated heterocycles. The van der Waals surface area contributed by atoms with Crippen LogP contribution in [0.5, 0.6) is 5.75 Å². The van der Waals surface area contributed by atoms with E-state index in [9.17, 15) is 10.2 Å². The van der Waals surface area contributed by atoms with E-state index in [1.807, 2.05) is 18.2 Å². The molecule has 0 spiro atoms. The standard InChI is InChI=1S/C30H35NO2/c1-22(2)31-18-17-27(21-31)23-13-15-25(16-14-23)30(26-10-6-11-28(33)20-26)29(12-7-19-32)24-8-4-3-5-9-24/h3-6,8-11,13-16,20,22,27,32-33H,7,12,17-19,21H2,1-2H3/b30-29+/t27-/m1/s1. The Morgan fingerprint density at radius 1 is 0.909 bits per heavy atom. The highest BCUT2D eigenvalue weighted by Gasteiger charge is 2.25. The second kappa shape index (κ2) is 10.8. The number of benzene rings is 3. The molecule has 1 heterocycles. The summed E-state index contributed by atoms with van der Waals surface area (Å²) in [5.74, 6) is 0.841. The van der Waals surface area contributed by atoms with Gasteiger partial charge in [0.1, 0.15) is 5.75 Å². The fourth-order valence-corrected chi connectivity index (χ4v) is 4.94. The zero-order chi connectivity index (χ0) is 23.2. The molecule has 2 N–H and O–H groups in total. The van der Waals surface area contributed by atoms with Crippen molar-refractivity contribution < 1.29 is 10.2 Å². The van der Waals surface area contributed by atoms with Gasteiger partial charge in [0.15, 0.2) is 0 Å². The fourth-order valence-electron chi connectivity index (χ4n) is 4.94. The third-order valence-electron chi connectivity index (χ3n) is 6.76. The number of aromatic hydroxyl groups is 1. The molecule has 1 fully saturated rings. The number of nitrogens with zero attached hydrogens (tertiary/aromatic N) is 1. The van der Waals surface area contributed by atoms with Gasteiger partial charge in [-0.2, -0.15) is 0 Å². The summed E-state index contributed by atoms with van der Waals surface area (Å²) in [5.41, 5.74) is 6.99. The maximum Gasteiger partial charge on any atom is 0.116 e. The Hall–Kier alpha value is -2.88. The van der Waals surface area contributed by atoms with Crippen LogP contribution in [-0.2, 0) is 0 Å². The molecule has 0 bridgehead atoms. The van der Waals surface area contributed by atoms with Crippen LogP contribution in [0.4, 0.5) is 0 Å². The lowest BCUT2D eigenvalue weighted by atomic mass is 9.86. The summed E-state index contributed by atoms with van der Waals surface area (Å²) in [6, 6.07) is 27.5. The van der Waals surface area contributed by atoms with Gasteiger partial charge in [-0.25, -0.2) is 0 Å². The molecule has 1 aliphatic heterocycles. The number of rotatable bonds is 8. The molecule has 4 rings (SSSR count). The van der Waals surface area contributed by atoms with Crippen molar-refractivity contribution in [2.24, 2.45) is 0 Å². The lowest BCUT2D eigenvalue weighted by Crippen LogP contribution is -2.27. The molecule has 3 aromatic carbocycles. The SMILES string of the molecule is CC(C)N1CC[C@@H](c2ccc(/C(=C(/CCCO)c3ccccc3)c3cccc(O)c3)cc2)C1. The number of aliphatic hydroxyl groups is 1. The second-order valence-corrected chi connectivity index (χ2v) is 9.29. The minimum absolute atomic E-state index is 0.149. The second-order valence-electron chi connectivity index (χ2n) is 9.29. The summed E-state index contributed by atoms with van der Waals surface area (Å²) in [6.07, 6.45) is 2.66. The molecule has 33 heavy (non-hydrogen) atoms. The molecule has 3 heteroatoms. The Morgan fingerprint density at radius 2 is 1.64 bits per heavy atom. The largest absolute Gasteiger partial charge is 0.508 e. The van der Waals surface area contributed by atoms with Crippen LogP contribution in [0.3, 0.4) is 0 Å². The molecule has 3 nitrogen and oxygen atoms in total. The van der Waals surface area contributed by atoms with Crippen molar-refractivity contribution in [3.05, 3.63) is 101 Å². The highest BCUT2D eigenvalue weighted by atomic mass is 16.3. The van der Waals surface area contributed by atoms with Crippen LogP contribution in [0.2, 0.25) is 0 Å². The molecular weight excluding hydrogens is 406 g/mol. The lowest BCUT2D eigenvalue weighted by Gasteiger charge is -2.21. The summed E-state index contributed by atoms with van der Waals surface area (Å²) in [4.78, 5) is 2.55. The predicted molar refractivity (Wildman–Crippen MR) is 137 cm³/mol. The van der Waals surface area contributed by atoms with Gasteiger partial charge in [-0.05, 0) is 91.1 Å². The van der Waals surface area contributed by atoms with E-state index < -0.39 is 0 Å². The normalized spacial score (nSPS) is 17.4. The Bertz CT molecular complexity index is 1070. The van der Waals surface area contributed by atoms with Gasteiger partial charge in [0.05, 0.1) is 0 Å². The molecule has 0 aliphatic carbocycles. The molecular formula is C30H35NO2. The van der Waals surface area contributed by atoms with E-state index in [1.165, 1.54) is 17.6 Å². The van der Waals surface area contributed by atoms with Crippen LogP contribution in [0, 0.1) is 0 Å². The van der Waals surface area contributed by atoms with Gasteiger partial charge in [-0.15, -0.1) is 0 Å². The molecule has 1 atom stereocenters. The van der Waals surface area contributed by atoms with Crippen LogP contribution in [0.1, 0.15) is 61.3 Å². The maximum atomic E-state index is 10.2. The topological polar surface area (TPSA) is 43.7 Å². The Kier molecular flexibility index (Phi) is 7.64. The summed E-state index contributed by atoms with van der Waals surface area (Å²) in [5, 5.41) is 19.8. The fraction of sp³-hybridized carbons (Fsp3) is 0.333. The van der Waals surface area contributed by atoms with Gasteiger partial charge >= 0.3 is 0 Å². The first-order valence-electron chi connectivity index (χ1n) is 12.1. The van der Waals surface area contributed by atoms with E-state index >= 15 is 0 Å². The molecule has 0 unspecified atom stereocenters. The Labute approximate surface area is 198 Å². The van der Waals surface area contributed by atoms with Crippen molar-refractivity contribution in [1.82, 2.24) is 4.90 Å². The Balaban J connectivity index is 1.77. The number of hydrogen-bond donors (Lipinski definition) is 2. The predicted octanol–water partition coefficient (Wildman–Crippen LogP) is 6.32. The quantitative estimate of drug-likeness (QED) is 0.402. The molecule has 0 aromatic heterocycles. The third-order valence-corrected chi connectivity index (χ3v) is 6.76. The van der Waals surface area contributed by atoms with Gasteiger partial charge in [0.2, 0.25) is 0 Å². The van der Waals surface area contributed by atoms with Crippen LogP contribution in [0.15, 0.2) is 78.9 Å².